The van der Waals surface area contributed by atoms with Crippen LogP contribution < -0.4 is 5.32 Å². The van der Waals surface area contributed by atoms with Crippen molar-refractivity contribution >= 4 is 32.7 Å². The molecule has 0 aliphatic carbocycles. The molecule has 8 heteroatoms. The van der Waals surface area contributed by atoms with Gasteiger partial charge in [0, 0.05) is 25.0 Å². The number of nitrogens with one attached hydrogen (secondary N) is 1. The molecule has 0 aliphatic rings. The zero-order chi connectivity index (χ0) is 22.7. The van der Waals surface area contributed by atoms with E-state index in [0.29, 0.717) is 12.6 Å². The molecule has 2 heterocycles. The number of nitrogens with zero attached hydrogens (tertiary/aromatic N) is 4. The highest BCUT2D eigenvalue weighted by molar-refractivity contribution is 7.22. The Morgan fingerprint density at radius 3 is 2.78 bits per heavy atom. The largest absolute Gasteiger partial charge is 0.478 e. The summed E-state index contributed by atoms with van der Waals surface area (Å²) in [7, 11) is 4.23. The van der Waals surface area contributed by atoms with Crippen LogP contribution in [0.2, 0.25) is 0 Å². The van der Waals surface area contributed by atoms with Gasteiger partial charge in [0.2, 0.25) is 0 Å². The first-order valence-electron chi connectivity index (χ1n) is 10.6. The molecule has 2 unspecified atom stereocenters. The van der Waals surface area contributed by atoms with Crippen LogP contribution >= 0.6 is 11.3 Å². The predicted molar refractivity (Wildman–Crippen MR) is 128 cm³/mol. The Balaban J connectivity index is 1.59. The van der Waals surface area contributed by atoms with E-state index in [9.17, 15) is 9.90 Å². The lowest BCUT2D eigenvalue weighted by atomic mass is 9.96. The SMILES string of the molecule is CCC(C(c1ccc2nc(NCc3cccc(C(=O)O)c3)sc2c1)n1ccnc1)N(C)C. The number of carboxylic acid groups (broad SMARTS) is 1. The van der Waals surface area contributed by atoms with Gasteiger partial charge in [-0.1, -0.05) is 36.5 Å². The van der Waals surface area contributed by atoms with Gasteiger partial charge in [0.1, 0.15) is 0 Å². The van der Waals surface area contributed by atoms with Crippen LogP contribution in [-0.4, -0.2) is 50.6 Å². The molecular formula is C24H27N5O2S. The first-order valence-corrected chi connectivity index (χ1v) is 11.4. The average Bonchev–Trinajstić information content (AvgIpc) is 3.45. The normalized spacial score (nSPS) is 13.4. The van der Waals surface area contributed by atoms with Crippen molar-refractivity contribution in [2.45, 2.75) is 32.0 Å². The van der Waals surface area contributed by atoms with Crippen molar-refractivity contribution in [3.05, 3.63) is 77.9 Å². The van der Waals surface area contributed by atoms with Crippen molar-refractivity contribution in [2.75, 3.05) is 19.4 Å². The zero-order valence-electron chi connectivity index (χ0n) is 18.4. The van der Waals surface area contributed by atoms with Gasteiger partial charge in [-0.2, -0.15) is 0 Å². The number of carbonyl (C=O) groups is 1. The lowest BCUT2D eigenvalue weighted by Crippen LogP contribution is -2.36. The first kappa shape index (κ1) is 22.0. The third-order valence-corrected chi connectivity index (χ3v) is 6.64. The Labute approximate surface area is 191 Å². The van der Waals surface area contributed by atoms with Gasteiger partial charge < -0.3 is 19.9 Å². The molecule has 0 aliphatic heterocycles. The van der Waals surface area contributed by atoms with Crippen molar-refractivity contribution in [1.29, 1.82) is 0 Å². The second-order valence-corrected chi connectivity index (χ2v) is 9.03. The highest BCUT2D eigenvalue weighted by Gasteiger charge is 2.25. The van der Waals surface area contributed by atoms with Crippen molar-refractivity contribution < 1.29 is 9.90 Å². The number of anilines is 1. The summed E-state index contributed by atoms with van der Waals surface area (Å²) in [6, 6.07) is 13.9. The van der Waals surface area contributed by atoms with Gasteiger partial charge in [0.25, 0.3) is 0 Å². The highest BCUT2D eigenvalue weighted by atomic mass is 32.1. The van der Waals surface area contributed by atoms with E-state index in [-0.39, 0.29) is 11.6 Å². The second-order valence-electron chi connectivity index (χ2n) is 8.00. The van der Waals surface area contributed by atoms with Gasteiger partial charge in [-0.3, -0.25) is 0 Å². The second kappa shape index (κ2) is 9.50. The van der Waals surface area contributed by atoms with E-state index in [1.165, 1.54) is 5.56 Å². The van der Waals surface area contributed by atoms with Crippen LogP contribution in [0.25, 0.3) is 10.2 Å². The molecule has 4 rings (SSSR count). The fraction of sp³-hybridized carbons (Fsp3) is 0.292. The number of hydrogen-bond donors (Lipinski definition) is 2. The summed E-state index contributed by atoms with van der Waals surface area (Å²) in [6.45, 7) is 2.73. The molecule has 0 saturated heterocycles. The number of carboxylic acids is 1. The number of imidazole rings is 1. The summed E-state index contributed by atoms with van der Waals surface area (Å²) in [6.07, 6.45) is 6.73. The number of hydrogen-bond acceptors (Lipinski definition) is 6. The summed E-state index contributed by atoms with van der Waals surface area (Å²) in [5, 5.41) is 13.3. The summed E-state index contributed by atoms with van der Waals surface area (Å²) in [5.41, 5.74) is 3.36. The summed E-state index contributed by atoms with van der Waals surface area (Å²) >= 11 is 1.61. The predicted octanol–water partition coefficient (Wildman–Crippen LogP) is 4.73. The molecule has 0 bridgehead atoms. The quantitative estimate of drug-likeness (QED) is 0.384. The van der Waals surface area contributed by atoms with Crippen LogP contribution in [0.3, 0.4) is 0 Å². The van der Waals surface area contributed by atoms with Gasteiger partial charge in [-0.15, -0.1) is 0 Å². The smallest absolute Gasteiger partial charge is 0.335 e. The summed E-state index contributed by atoms with van der Waals surface area (Å²) in [5.74, 6) is -0.921. The van der Waals surface area contributed by atoms with Gasteiger partial charge in [-0.25, -0.2) is 14.8 Å². The standard InChI is InChI=1S/C24H27N5O2S/c1-4-20(28(2)3)22(29-11-10-25-15-29)17-8-9-19-21(13-17)32-24(27-19)26-14-16-6-5-7-18(12-16)23(30)31/h5-13,15,20,22H,4,14H2,1-3H3,(H,26,27)(H,30,31). The zero-order valence-corrected chi connectivity index (χ0v) is 19.2. The molecular weight excluding hydrogens is 422 g/mol. The molecule has 7 nitrogen and oxygen atoms in total. The Hall–Kier alpha value is -3.23. The molecule has 2 N–H and O–H groups in total. The van der Waals surface area contributed by atoms with Crippen molar-refractivity contribution in [3.63, 3.8) is 0 Å². The molecule has 2 aromatic heterocycles. The fourth-order valence-electron chi connectivity index (χ4n) is 4.09. The number of thiazole rings is 1. The number of fused-ring (bicyclic) bond motifs is 1. The Morgan fingerprint density at radius 2 is 2.09 bits per heavy atom. The van der Waals surface area contributed by atoms with Crippen LogP contribution in [-0.2, 0) is 6.54 Å². The number of likely N-dealkylation sites (N-methyl/N-ethyl adjacent to an activating group) is 1. The third kappa shape index (κ3) is 4.66. The fourth-order valence-corrected chi connectivity index (χ4v) is 5.00. The Kier molecular flexibility index (Phi) is 6.53. The molecule has 0 saturated carbocycles. The maximum atomic E-state index is 11.2. The molecule has 32 heavy (non-hydrogen) atoms. The van der Waals surface area contributed by atoms with E-state index in [1.54, 1.807) is 29.5 Å². The van der Waals surface area contributed by atoms with E-state index in [2.05, 4.69) is 59.0 Å². The summed E-state index contributed by atoms with van der Waals surface area (Å²) < 4.78 is 3.29. The highest BCUT2D eigenvalue weighted by Crippen LogP contribution is 2.33. The Morgan fingerprint density at radius 1 is 1.25 bits per heavy atom. The molecule has 2 atom stereocenters. The number of aromatic nitrogens is 3. The van der Waals surface area contributed by atoms with E-state index < -0.39 is 5.97 Å². The van der Waals surface area contributed by atoms with E-state index in [1.807, 2.05) is 24.8 Å². The molecule has 4 aromatic rings. The molecule has 0 amide bonds. The molecule has 166 valence electrons. The van der Waals surface area contributed by atoms with Gasteiger partial charge >= 0.3 is 5.97 Å². The van der Waals surface area contributed by atoms with Crippen LogP contribution in [0, 0.1) is 0 Å². The Bertz CT molecular complexity index is 1200. The van der Waals surface area contributed by atoms with E-state index in [4.69, 9.17) is 4.98 Å². The van der Waals surface area contributed by atoms with Crippen molar-refractivity contribution in [1.82, 2.24) is 19.4 Å². The lowest BCUT2D eigenvalue weighted by Gasteiger charge is -2.33. The third-order valence-electron chi connectivity index (χ3n) is 5.66. The van der Waals surface area contributed by atoms with Gasteiger partial charge in [-0.05, 0) is 55.9 Å². The maximum absolute atomic E-state index is 11.2. The summed E-state index contributed by atoms with van der Waals surface area (Å²) in [4.78, 5) is 22.4. The minimum absolute atomic E-state index is 0.152. The van der Waals surface area contributed by atoms with Gasteiger partial charge in [0.15, 0.2) is 5.13 Å². The topological polar surface area (TPSA) is 83.3 Å². The van der Waals surface area contributed by atoms with E-state index >= 15 is 0 Å². The maximum Gasteiger partial charge on any atom is 0.335 e. The number of aromatic carboxylic acids is 1. The van der Waals surface area contributed by atoms with Crippen LogP contribution in [0.5, 0.6) is 0 Å². The minimum Gasteiger partial charge on any atom is -0.478 e. The van der Waals surface area contributed by atoms with Crippen molar-refractivity contribution in [3.8, 4) is 0 Å². The van der Waals surface area contributed by atoms with Crippen LogP contribution in [0.4, 0.5) is 5.13 Å². The van der Waals surface area contributed by atoms with E-state index in [0.717, 1.165) is 27.3 Å². The number of rotatable bonds is 9. The molecule has 2 aromatic carbocycles. The number of benzene rings is 2. The average molecular weight is 450 g/mol. The molecule has 0 radical (unpaired) electrons. The first-order chi connectivity index (χ1) is 15.5. The lowest BCUT2D eigenvalue weighted by molar-refractivity contribution is 0.0696. The molecule has 0 fully saturated rings. The monoisotopic (exact) mass is 449 g/mol. The van der Waals surface area contributed by atoms with Crippen LogP contribution in [0.15, 0.2) is 61.2 Å². The van der Waals surface area contributed by atoms with Crippen molar-refractivity contribution in [2.24, 2.45) is 0 Å². The molecule has 0 spiro atoms. The van der Waals surface area contributed by atoms with Gasteiger partial charge in [0.05, 0.1) is 28.1 Å². The van der Waals surface area contributed by atoms with Crippen LogP contribution in [0.1, 0.15) is 40.9 Å². The minimum atomic E-state index is -0.921.